The van der Waals surface area contributed by atoms with E-state index >= 15 is 0 Å². The van der Waals surface area contributed by atoms with Crippen molar-refractivity contribution in [2.45, 2.75) is 49.2 Å². The maximum absolute atomic E-state index is 12.2. The second kappa shape index (κ2) is 4.87. The molecule has 2 aliphatic heterocycles. The van der Waals surface area contributed by atoms with Crippen molar-refractivity contribution in [1.82, 2.24) is 15.0 Å². The van der Waals surface area contributed by atoms with Gasteiger partial charge >= 0.3 is 5.97 Å². The highest BCUT2D eigenvalue weighted by atomic mass is 16.7. The van der Waals surface area contributed by atoms with E-state index in [9.17, 15) is 15.0 Å². The number of ether oxygens (including phenoxy) is 2. The molecule has 0 aromatic carbocycles. The van der Waals surface area contributed by atoms with Gasteiger partial charge in [0.15, 0.2) is 6.29 Å². The average Bonchev–Trinajstić information content (AvgIpc) is 3.19. The van der Waals surface area contributed by atoms with Gasteiger partial charge in [0.1, 0.15) is 18.8 Å². The Balaban J connectivity index is 1.73. The fourth-order valence-electron chi connectivity index (χ4n) is 3.50. The molecule has 3 heterocycles. The number of allylic oxidation sites excluding steroid dienone is 2. The van der Waals surface area contributed by atoms with Gasteiger partial charge in [-0.05, 0) is 19.3 Å². The number of aliphatic hydroxyl groups excluding tert-OH is 2. The minimum Gasteiger partial charge on any atom is -0.461 e. The molecule has 1 aromatic rings. The highest BCUT2D eigenvalue weighted by Crippen LogP contribution is 2.42. The molecule has 2 unspecified atom stereocenters. The molecule has 0 bridgehead atoms. The number of hydrogen-bond acceptors (Lipinski definition) is 7. The Morgan fingerprint density at radius 1 is 1.41 bits per heavy atom. The van der Waals surface area contributed by atoms with E-state index in [0.29, 0.717) is 0 Å². The van der Waals surface area contributed by atoms with Crippen LogP contribution >= 0.6 is 0 Å². The minimum atomic E-state index is -1.55. The summed E-state index contributed by atoms with van der Waals surface area (Å²) < 4.78 is 11.5. The quantitative estimate of drug-likeness (QED) is 0.556. The van der Waals surface area contributed by atoms with Gasteiger partial charge < -0.3 is 19.7 Å². The SMILES string of the molecule is O=C1OC[C@H]2OC(O)[C@@H](O)[C@@]12n1cc(C2C=CCCC2)nn1. The first-order chi connectivity index (χ1) is 10.6. The first kappa shape index (κ1) is 13.9. The largest absolute Gasteiger partial charge is 0.461 e. The third-order valence-electron chi connectivity index (χ3n) is 4.73. The smallest absolute Gasteiger partial charge is 0.340 e. The lowest BCUT2D eigenvalue weighted by Gasteiger charge is -2.26. The summed E-state index contributed by atoms with van der Waals surface area (Å²) >= 11 is 0. The van der Waals surface area contributed by atoms with Crippen LogP contribution in [0.1, 0.15) is 30.9 Å². The summed E-state index contributed by atoms with van der Waals surface area (Å²) in [6, 6.07) is 0. The Morgan fingerprint density at radius 3 is 3.05 bits per heavy atom. The van der Waals surface area contributed by atoms with Crippen molar-refractivity contribution in [3.05, 3.63) is 24.0 Å². The van der Waals surface area contributed by atoms with Crippen LogP contribution in [0.25, 0.3) is 0 Å². The van der Waals surface area contributed by atoms with Crippen molar-refractivity contribution < 1.29 is 24.5 Å². The molecule has 2 fully saturated rings. The number of hydrogen-bond donors (Lipinski definition) is 2. The second-order valence-electron chi connectivity index (χ2n) is 5.94. The molecular weight excluding hydrogens is 290 g/mol. The van der Waals surface area contributed by atoms with E-state index in [1.54, 1.807) is 6.20 Å². The normalized spacial score (nSPS) is 40.7. The first-order valence-electron chi connectivity index (χ1n) is 7.42. The maximum Gasteiger partial charge on any atom is 0.340 e. The van der Waals surface area contributed by atoms with Crippen LogP contribution in [0.5, 0.6) is 0 Å². The number of cyclic esters (lactones) is 1. The monoisotopic (exact) mass is 307 g/mol. The van der Waals surface area contributed by atoms with E-state index in [1.807, 2.05) is 0 Å². The molecule has 5 atom stereocenters. The van der Waals surface area contributed by atoms with Crippen molar-refractivity contribution in [3.63, 3.8) is 0 Å². The van der Waals surface area contributed by atoms with Crippen molar-refractivity contribution in [1.29, 1.82) is 0 Å². The van der Waals surface area contributed by atoms with E-state index in [0.717, 1.165) is 25.0 Å². The van der Waals surface area contributed by atoms with E-state index in [2.05, 4.69) is 22.5 Å². The average molecular weight is 307 g/mol. The molecule has 1 aromatic heterocycles. The third-order valence-corrected chi connectivity index (χ3v) is 4.73. The Kier molecular flexibility index (Phi) is 3.07. The Bertz CT molecular complexity index is 626. The second-order valence-corrected chi connectivity index (χ2v) is 5.94. The number of carbonyl (C=O) groups is 1. The summed E-state index contributed by atoms with van der Waals surface area (Å²) in [7, 11) is 0. The predicted octanol–water partition coefficient (Wildman–Crippen LogP) is -0.568. The van der Waals surface area contributed by atoms with Crippen LogP contribution in [0, 0.1) is 0 Å². The number of esters is 1. The van der Waals surface area contributed by atoms with Crippen LogP contribution in [0.2, 0.25) is 0 Å². The molecule has 1 aliphatic carbocycles. The number of aromatic nitrogens is 3. The summed E-state index contributed by atoms with van der Waals surface area (Å²) in [4.78, 5) is 12.2. The highest BCUT2D eigenvalue weighted by molar-refractivity contribution is 5.83. The number of rotatable bonds is 2. The molecule has 8 nitrogen and oxygen atoms in total. The molecule has 0 saturated carbocycles. The lowest BCUT2D eigenvalue weighted by Crippen LogP contribution is -2.53. The molecule has 22 heavy (non-hydrogen) atoms. The fourth-order valence-corrected chi connectivity index (χ4v) is 3.50. The highest BCUT2D eigenvalue weighted by Gasteiger charge is 2.68. The molecule has 2 saturated heterocycles. The van der Waals surface area contributed by atoms with E-state index < -0.39 is 30.0 Å². The van der Waals surface area contributed by atoms with E-state index in [-0.39, 0.29) is 12.5 Å². The van der Waals surface area contributed by atoms with Crippen molar-refractivity contribution in [2.24, 2.45) is 0 Å². The topological polar surface area (TPSA) is 107 Å². The van der Waals surface area contributed by atoms with Gasteiger partial charge in [0, 0.05) is 5.92 Å². The van der Waals surface area contributed by atoms with Crippen LogP contribution in [0.4, 0.5) is 0 Å². The van der Waals surface area contributed by atoms with Crippen LogP contribution in [0.15, 0.2) is 18.3 Å². The van der Waals surface area contributed by atoms with Gasteiger partial charge in [-0.25, -0.2) is 9.48 Å². The van der Waals surface area contributed by atoms with Crippen LogP contribution in [-0.4, -0.2) is 56.3 Å². The molecule has 2 N–H and O–H groups in total. The summed E-state index contributed by atoms with van der Waals surface area (Å²) in [5, 5.41) is 28.2. The Morgan fingerprint density at radius 2 is 2.27 bits per heavy atom. The Labute approximate surface area is 126 Å². The van der Waals surface area contributed by atoms with Crippen molar-refractivity contribution >= 4 is 5.97 Å². The van der Waals surface area contributed by atoms with Gasteiger partial charge in [0.25, 0.3) is 0 Å². The molecule has 0 spiro atoms. The number of aliphatic hydroxyl groups is 2. The third kappa shape index (κ3) is 1.71. The molecule has 3 aliphatic rings. The molecule has 4 rings (SSSR count). The maximum atomic E-state index is 12.2. The van der Waals surface area contributed by atoms with Crippen LogP contribution in [-0.2, 0) is 19.8 Å². The predicted molar refractivity (Wildman–Crippen MR) is 71.6 cm³/mol. The number of carbonyl (C=O) groups excluding carboxylic acids is 1. The van der Waals surface area contributed by atoms with Crippen LogP contribution in [0.3, 0.4) is 0 Å². The van der Waals surface area contributed by atoms with Crippen molar-refractivity contribution in [2.75, 3.05) is 6.61 Å². The van der Waals surface area contributed by atoms with E-state index in [4.69, 9.17) is 9.47 Å². The zero-order valence-electron chi connectivity index (χ0n) is 11.8. The molecule has 0 radical (unpaired) electrons. The molecule has 118 valence electrons. The zero-order valence-corrected chi connectivity index (χ0v) is 11.8. The zero-order chi connectivity index (χ0) is 15.3. The summed E-state index contributed by atoms with van der Waals surface area (Å²) in [5.74, 6) is -0.503. The minimum absolute atomic E-state index is 0.0223. The lowest BCUT2D eigenvalue weighted by molar-refractivity contribution is -0.161. The first-order valence-corrected chi connectivity index (χ1v) is 7.42. The van der Waals surface area contributed by atoms with Crippen molar-refractivity contribution in [3.8, 4) is 0 Å². The van der Waals surface area contributed by atoms with E-state index in [1.165, 1.54) is 4.68 Å². The van der Waals surface area contributed by atoms with Gasteiger partial charge in [-0.2, -0.15) is 0 Å². The van der Waals surface area contributed by atoms with Gasteiger partial charge in [-0.15, -0.1) is 5.10 Å². The standard InChI is InChI=1S/C14H17N3O5/c18-11-12(19)22-10-7-21-13(20)14(10,11)17-6-9(15-16-17)8-4-2-1-3-5-8/h2,4,6,8,10-12,18-19H,1,3,5,7H2/t8?,10-,11-,12?,14-/m1/s1. The number of nitrogens with zero attached hydrogens (tertiary/aromatic N) is 3. The fraction of sp³-hybridized carbons (Fsp3) is 0.643. The van der Waals surface area contributed by atoms with Crippen LogP contribution < -0.4 is 0 Å². The Hall–Kier alpha value is -1.77. The summed E-state index contributed by atoms with van der Waals surface area (Å²) in [6.07, 6.45) is 5.27. The number of fused-ring (bicyclic) bond motifs is 1. The molecular formula is C14H17N3O5. The summed E-state index contributed by atoms with van der Waals surface area (Å²) in [5.41, 5.74) is -0.819. The van der Waals surface area contributed by atoms with Gasteiger partial charge in [0.05, 0.1) is 11.9 Å². The molecule has 0 amide bonds. The van der Waals surface area contributed by atoms with Gasteiger partial charge in [-0.3, -0.25) is 0 Å². The van der Waals surface area contributed by atoms with Gasteiger partial charge in [-0.1, -0.05) is 17.4 Å². The summed E-state index contributed by atoms with van der Waals surface area (Å²) in [6.45, 7) is -0.0223. The van der Waals surface area contributed by atoms with Gasteiger partial charge in [0.2, 0.25) is 5.54 Å². The lowest BCUT2D eigenvalue weighted by atomic mass is 9.90. The molecule has 8 heteroatoms.